The van der Waals surface area contributed by atoms with E-state index in [2.05, 4.69) is 79.5 Å². The summed E-state index contributed by atoms with van der Waals surface area (Å²) in [6.07, 6.45) is 0.786. The molecule has 0 saturated carbocycles. The van der Waals surface area contributed by atoms with Crippen LogP contribution in [-0.4, -0.2) is 25.7 Å². The SMILES string of the molecule is CCOC(=O)c1cccc(CC(c2ccc(Cl)cc2)C(C)N(C)c2ccc3ccccc3c2)c1. The Kier molecular flexibility index (Phi) is 7.54. The van der Waals surface area contributed by atoms with Crippen molar-refractivity contribution in [1.29, 1.82) is 0 Å². The van der Waals surface area contributed by atoms with Crippen LogP contribution in [0.25, 0.3) is 10.8 Å². The second-order valence-electron chi connectivity index (χ2n) is 8.67. The van der Waals surface area contributed by atoms with Crippen molar-refractivity contribution in [2.75, 3.05) is 18.6 Å². The summed E-state index contributed by atoms with van der Waals surface area (Å²) < 4.78 is 5.20. The van der Waals surface area contributed by atoms with Crippen LogP contribution < -0.4 is 4.90 Å². The molecule has 0 saturated heterocycles. The maximum absolute atomic E-state index is 12.3. The Hall–Kier alpha value is -3.30. The molecule has 4 heteroatoms. The van der Waals surface area contributed by atoms with Gasteiger partial charge >= 0.3 is 5.97 Å². The standard InChI is InChI=1S/C30H30ClNO2/c1-4-34-30(33)26-11-7-8-22(18-26)19-29(24-12-15-27(31)16-13-24)21(2)32(3)28-17-14-23-9-5-6-10-25(23)20-28/h5-18,20-21,29H,4,19H2,1-3H3. The number of carbonyl (C=O) groups is 1. The molecule has 0 bridgehead atoms. The molecule has 2 atom stereocenters. The monoisotopic (exact) mass is 471 g/mol. The minimum atomic E-state index is -0.284. The van der Waals surface area contributed by atoms with Crippen molar-refractivity contribution >= 4 is 34.0 Å². The average molecular weight is 472 g/mol. The zero-order chi connectivity index (χ0) is 24.1. The zero-order valence-electron chi connectivity index (χ0n) is 19.9. The highest BCUT2D eigenvalue weighted by Gasteiger charge is 2.24. The van der Waals surface area contributed by atoms with E-state index >= 15 is 0 Å². The summed E-state index contributed by atoms with van der Waals surface area (Å²) in [6, 6.07) is 31.1. The Balaban J connectivity index is 1.66. The maximum Gasteiger partial charge on any atom is 0.338 e. The van der Waals surface area contributed by atoms with E-state index < -0.39 is 0 Å². The van der Waals surface area contributed by atoms with Crippen LogP contribution in [0.4, 0.5) is 5.69 Å². The fraction of sp³-hybridized carbons (Fsp3) is 0.233. The Morgan fingerprint density at radius 3 is 2.38 bits per heavy atom. The van der Waals surface area contributed by atoms with Gasteiger partial charge in [-0.2, -0.15) is 0 Å². The summed E-state index contributed by atoms with van der Waals surface area (Å²) in [5, 5.41) is 3.18. The minimum absolute atomic E-state index is 0.186. The molecule has 174 valence electrons. The second kappa shape index (κ2) is 10.8. The highest BCUT2D eigenvalue weighted by atomic mass is 35.5. The van der Waals surface area contributed by atoms with E-state index in [0.29, 0.717) is 12.2 Å². The number of carbonyl (C=O) groups excluding carboxylic acids is 1. The molecule has 0 heterocycles. The van der Waals surface area contributed by atoms with Crippen LogP contribution in [0.3, 0.4) is 0 Å². The smallest absolute Gasteiger partial charge is 0.338 e. The third-order valence-electron chi connectivity index (χ3n) is 6.53. The molecule has 0 aliphatic carbocycles. The topological polar surface area (TPSA) is 29.5 Å². The number of fused-ring (bicyclic) bond motifs is 1. The molecule has 2 unspecified atom stereocenters. The molecule has 0 fully saturated rings. The summed E-state index contributed by atoms with van der Waals surface area (Å²) >= 11 is 6.19. The van der Waals surface area contributed by atoms with Crippen LogP contribution in [0.2, 0.25) is 5.02 Å². The largest absolute Gasteiger partial charge is 0.462 e. The van der Waals surface area contributed by atoms with Crippen LogP contribution in [0.5, 0.6) is 0 Å². The summed E-state index contributed by atoms with van der Waals surface area (Å²) in [4.78, 5) is 14.6. The second-order valence-corrected chi connectivity index (χ2v) is 9.10. The van der Waals surface area contributed by atoms with Gasteiger partial charge in [0.2, 0.25) is 0 Å². The van der Waals surface area contributed by atoms with Gasteiger partial charge in [0, 0.05) is 29.7 Å². The third-order valence-corrected chi connectivity index (χ3v) is 6.78. The van der Waals surface area contributed by atoms with Crippen molar-refractivity contribution in [3.8, 4) is 0 Å². The van der Waals surface area contributed by atoms with E-state index in [-0.39, 0.29) is 17.9 Å². The average Bonchev–Trinajstić information content (AvgIpc) is 2.87. The van der Waals surface area contributed by atoms with E-state index in [9.17, 15) is 4.79 Å². The quantitative estimate of drug-likeness (QED) is 0.249. The first kappa shape index (κ1) is 23.8. The van der Waals surface area contributed by atoms with Gasteiger partial charge in [0.25, 0.3) is 0 Å². The van der Waals surface area contributed by atoms with Crippen molar-refractivity contribution in [3.63, 3.8) is 0 Å². The van der Waals surface area contributed by atoms with Gasteiger partial charge in [-0.1, -0.05) is 66.2 Å². The first-order chi connectivity index (χ1) is 16.5. The number of likely N-dealkylation sites (N-methyl/N-ethyl adjacent to an activating group) is 1. The number of anilines is 1. The molecule has 0 amide bonds. The number of halogens is 1. The first-order valence-corrected chi connectivity index (χ1v) is 12.1. The summed E-state index contributed by atoms with van der Waals surface area (Å²) in [6.45, 7) is 4.44. The van der Waals surface area contributed by atoms with Crippen molar-refractivity contribution in [1.82, 2.24) is 0 Å². The molecule has 4 aromatic carbocycles. The highest BCUT2D eigenvalue weighted by molar-refractivity contribution is 6.30. The first-order valence-electron chi connectivity index (χ1n) is 11.7. The lowest BCUT2D eigenvalue weighted by molar-refractivity contribution is 0.0526. The summed E-state index contributed by atoms with van der Waals surface area (Å²) in [5.41, 5.74) is 4.07. The van der Waals surface area contributed by atoms with Gasteiger partial charge in [-0.25, -0.2) is 4.79 Å². The van der Waals surface area contributed by atoms with Crippen molar-refractivity contribution in [3.05, 3.63) is 113 Å². The number of esters is 1. The van der Waals surface area contributed by atoms with Crippen LogP contribution in [-0.2, 0) is 11.2 Å². The minimum Gasteiger partial charge on any atom is -0.462 e. The molecule has 0 radical (unpaired) electrons. The predicted molar refractivity (Wildman–Crippen MR) is 142 cm³/mol. The molecule has 34 heavy (non-hydrogen) atoms. The van der Waals surface area contributed by atoms with Crippen LogP contribution in [0.15, 0.2) is 91.0 Å². The number of benzene rings is 4. The maximum atomic E-state index is 12.3. The Bertz CT molecular complexity index is 1270. The Morgan fingerprint density at radius 2 is 1.65 bits per heavy atom. The molecular formula is C30H30ClNO2. The number of ether oxygens (including phenoxy) is 1. The van der Waals surface area contributed by atoms with Gasteiger partial charge in [-0.3, -0.25) is 0 Å². The zero-order valence-corrected chi connectivity index (χ0v) is 20.6. The van der Waals surface area contributed by atoms with Crippen LogP contribution in [0.1, 0.15) is 41.3 Å². The lowest BCUT2D eigenvalue weighted by Gasteiger charge is -2.34. The van der Waals surface area contributed by atoms with E-state index in [1.165, 1.54) is 22.0 Å². The third kappa shape index (κ3) is 5.43. The fourth-order valence-corrected chi connectivity index (χ4v) is 4.60. The molecule has 4 rings (SSSR count). The van der Waals surface area contributed by atoms with Gasteiger partial charge < -0.3 is 9.64 Å². The fourth-order valence-electron chi connectivity index (χ4n) is 4.47. The van der Waals surface area contributed by atoms with Gasteiger partial charge in [0.15, 0.2) is 0 Å². The van der Waals surface area contributed by atoms with Crippen LogP contribution >= 0.6 is 11.6 Å². The van der Waals surface area contributed by atoms with Gasteiger partial charge in [-0.15, -0.1) is 0 Å². The van der Waals surface area contributed by atoms with Crippen LogP contribution in [0, 0.1) is 0 Å². The van der Waals surface area contributed by atoms with Gasteiger partial charge in [0.1, 0.15) is 0 Å². The van der Waals surface area contributed by atoms with Crippen molar-refractivity contribution in [2.45, 2.75) is 32.2 Å². The Labute approximate surface area is 206 Å². The van der Waals surface area contributed by atoms with Crippen molar-refractivity contribution < 1.29 is 9.53 Å². The molecule has 0 N–H and O–H groups in total. The van der Waals surface area contributed by atoms with Gasteiger partial charge in [-0.05, 0) is 78.6 Å². The molecule has 0 aromatic heterocycles. The molecule has 0 aliphatic rings. The van der Waals surface area contributed by atoms with Gasteiger partial charge in [0.05, 0.1) is 12.2 Å². The molecule has 4 aromatic rings. The summed E-state index contributed by atoms with van der Waals surface area (Å²) in [7, 11) is 2.15. The lowest BCUT2D eigenvalue weighted by atomic mass is 9.85. The normalized spacial score (nSPS) is 12.8. The number of hydrogen-bond donors (Lipinski definition) is 0. The Morgan fingerprint density at radius 1 is 0.912 bits per heavy atom. The lowest BCUT2D eigenvalue weighted by Crippen LogP contribution is -2.35. The summed E-state index contributed by atoms with van der Waals surface area (Å²) in [5.74, 6) is -0.0973. The van der Waals surface area contributed by atoms with Crippen molar-refractivity contribution in [2.24, 2.45) is 0 Å². The molecule has 0 aliphatic heterocycles. The molecule has 0 spiro atoms. The highest BCUT2D eigenvalue weighted by Crippen LogP contribution is 2.32. The van der Waals surface area contributed by atoms with E-state index in [0.717, 1.165) is 17.0 Å². The predicted octanol–water partition coefficient (Wildman–Crippen LogP) is 7.52. The van der Waals surface area contributed by atoms with E-state index in [1.54, 1.807) is 0 Å². The number of nitrogens with zero attached hydrogens (tertiary/aromatic N) is 1. The molecular weight excluding hydrogens is 442 g/mol. The number of hydrogen-bond acceptors (Lipinski definition) is 3. The van der Waals surface area contributed by atoms with E-state index in [1.807, 2.05) is 37.3 Å². The number of rotatable bonds is 8. The van der Waals surface area contributed by atoms with E-state index in [4.69, 9.17) is 16.3 Å². The molecule has 3 nitrogen and oxygen atoms in total.